The molecule has 2 atom stereocenters. The summed E-state index contributed by atoms with van der Waals surface area (Å²) < 4.78 is 4.65. The summed E-state index contributed by atoms with van der Waals surface area (Å²) in [6.45, 7) is 5.85. The van der Waals surface area contributed by atoms with Crippen LogP contribution in [0.25, 0.3) is 0 Å². The fourth-order valence-corrected chi connectivity index (χ4v) is 1.86. The van der Waals surface area contributed by atoms with Crippen LogP contribution in [-0.4, -0.2) is 48.3 Å². The summed E-state index contributed by atoms with van der Waals surface area (Å²) in [7, 11) is 1.40. The third-order valence-corrected chi connectivity index (χ3v) is 2.67. The Labute approximate surface area is 84.8 Å². The van der Waals surface area contributed by atoms with Gasteiger partial charge in [-0.25, -0.2) is 0 Å². The molecule has 1 fully saturated rings. The highest BCUT2D eigenvalue weighted by molar-refractivity contribution is 5.72. The van der Waals surface area contributed by atoms with Gasteiger partial charge in [-0.05, 0) is 13.3 Å². The first-order chi connectivity index (χ1) is 6.44. The largest absolute Gasteiger partial charge is 0.469 e. The molecule has 0 spiro atoms. The number of nitrogens with zero attached hydrogens (tertiary/aromatic N) is 1. The van der Waals surface area contributed by atoms with Crippen LogP contribution in [0.2, 0.25) is 0 Å². The maximum Gasteiger partial charge on any atom is 0.309 e. The standard InChI is InChI=1S/C10H19NO3/c1-8(9(12)14-3)6-11-5-4-10(2,13)7-11/h8,13H,4-7H2,1-3H3. The molecule has 2 unspecified atom stereocenters. The number of hydrogen-bond donors (Lipinski definition) is 1. The zero-order valence-electron chi connectivity index (χ0n) is 9.12. The van der Waals surface area contributed by atoms with Crippen LogP contribution in [0.3, 0.4) is 0 Å². The van der Waals surface area contributed by atoms with Crippen molar-refractivity contribution in [2.75, 3.05) is 26.7 Å². The molecule has 0 radical (unpaired) electrons. The molecular formula is C10H19NO3. The highest BCUT2D eigenvalue weighted by atomic mass is 16.5. The van der Waals surface area contributed by atoms with Crippen molar-refractivity contribution < 1.29 is 14.6 Å². The number of hydrogen-bond acceptors (Lipinski definition) is 4. The van der Waals surface area contributed by atoms with Crippen molar-refractivity contribution in [1.82, 2.24) is 4.90 Å². The minimum absolute atomic E-state index is 0.117. The van der Waals surface area contributed by atoms with Gasteiger partial charge >= 0.3 is 5.97 Å². The number of carbonyl (C=O) groups is 1. The van der Waals surface area contributed by atoms with Gasteiger partial charge < -0.3 is 9.84 Å². The van der Waals surface area contributed by atoms with Crippen molar-refractivity contribution in [2.24, 2.45) is 5.92 Å². The van der Waals surface area contributed by atoms with Gasteiger partial charge in [0.1, 0.15) is 0 Å². The van der Waals surface area contributed by atoms with Crippen LogP contribution in [0.1, 0.15) is 20.3 Å². The molecule has 1 aliphatic rings. The molecule has 0 saturated carbocycles. The maximum absolute atomic E-state index is 11.1. The summed E-state index contributed by atoms with van der Waals surface area (Å²) >= 11 is 0. The molecule has 14 heavy (non-hydrogen) atoms. The first-order valence-electron chi connectivity index (χ1n) is 4.97. The maximum atomic E-state index is 11.1. The van der Waals surface area contributed by atoms with Gasteiger partial charge in [-0.15, -0.1) is 0 Å². The number of likely N-dealkylation sites (tertiary alicyclic amines) is 1. The van der Waals surface area contributed by atoms with Gasteiger partial charge in [0.15, 0.2) is 0 Å². The third-order valence-electron chi connectivity index (χ3n) is 2.67. The van der Waals surface area contributed by atoms with E-state index in [1.54, 1.807) is 0 Å². The van der Waals surface area contributed by atoms with E-state index in [1.165, 1.54) is 7.11 Å². The third kappa shape index (κ3) is 2.96. The van der Waals surface area contributed by atoms with Crippen LogP contribution in [0.5, 0.6) is 0 Å². The summed E-state index contributed by atoms with van der Waals surface area (Å²) in [5.74, 6) is -0.301. The van der Waals surface area contributed by atoms with Gasteiger partial charge in [0.2, 0.25) is 0 Å². The van der Waals surface area contributed by atoms with Crippen molar-refractivity contribution in [3.63, 3.8) is 0 Å². The minimum atomic E-state index is -0.587. The van der Waals surface area contributed by atoms with Crippen LogP contribution in [-0.2, 0) is 9.53 Å². The quantitative estimate of drug-likeness (QED) is 0.665. The first-order valence-corrected chi connectivity index (χ1v) is 4.97. The van der Waals surface area contributed by atoms with Gasteiger partial charge in [-0.2, -0.15) is 0 Å². The Kier molecular flexibility index (Phi) is 3.50. The van der Waals surface area contributed by atoms with E-state index in [2.05, 4.69) is 9.64 Å². The van der Waals surface area contributed by atoms with E-state index < -0.39 is 5.60 Å². The van der Waals surface area contributed by atoms with E-state index >= 15 is 0 Å². The Balaban J connectivity index is 2.36. The topological polar surface area (TPSA) is 49.8 Å². The molecule has 0 aromatic rings. The lowest BCUT2D eigenvalue weighted by atomic mass is 10.1. The lowest BCUT2D eigenvalue weighted by Crippen LogP contribution is -2.34. The van der Waals surface area contributed by atoms with E-state index in [4.69, 9.17) is 0 Å². The van der Waals surface area contributed by atoms with E-state index in [0.29, 0.717) is 13.1 Å². The normalized spacial score (nSPS) is 30.3. The predicted molar refractivity (Wildman–Crippen MR) is 52.9 cm³/mol. The Morgan fingerprint density at radius 1 is 1.71 bits per heavy atom. The SMILES string of the molecule is COC(=O)C(C)CN1CCC(C)(O)C1. The highest BCUT2D eigenvalue weighted by Gasteiger charge is 2.32. The summed E-state index contributed by atoms with van der Waals surface area (Å²) in [5, 5.41) is 9.72. The molecule has 1 rings (SSSR count). The van der Waals surface area contributed by atoms with Gasteiger partial charge in [0.05, 0.1) is 18.6 Å². The van der Waals surface area contributed by atoms with Crippen LogP contribution in [0.4, 0.5) is 0 Å². The number of carbonyl (C=O) groups excluding carboxylic acids is 1. The lowest BCUT2D eigenvalue weighted by molar-refractivity contribution is -0.145. The molecule has 4 heteroatoms. The molecule has 1 aliphatic heterocycles. The number of aliphatic hydroxyl groups is 1. The Morgan fingerprint density at radius 3 is 2.79 bits per heavy atom. The van der Waals surface area contributed by atoms with Crippen molar-refractivity contribution >= 4 is 5.97 Å². The molecule has 0 aromatic carbocycles. The van der Waals surface area contributed by atoms with Gasteiger partial charge in [0, 0.05) is 19.6 Å². The number of β-amino-alcohol motifs (C(OH)–C–C–N with tert-alkyl or cyclic N) is 1. The first kappa shape index (κ1) is 11.5. The summed E-state index contributed by atoms with van der Waals surface area (Å²) in [5.41, 5.74) is -0.587. The fraction of sp³-hybridized carbons (Fsp3) is 0.900. The van der Waals surface area contributed by atoms with Crippen LogP contribution < -0.4 is 0 Å². The monoisotopic (exact) mass is 201 g/mol. The fourth-order valence-electron chi connectivity index (χ4n) is 1.86. The van der Waals surface area contributed by atoms with Gasteiger partial charge in [-0.1, -0.05) is 6.92 Å². The van der Waals surface area contributed by atoms with Gasteiger partial charge in [0.25, 0.3) is 0 Å². The van der Waals surface area contributed by atoms with E-state index in [0.717, 1.165) is 13.0 Å². The van der Waals surface area contributed by atoms with Crippen LogP contribution in [0, 0.1) is 5.92 Å². The summed E-state index contributed by atoms with van der Waals surface area (Å²) in [4.78, 5) is 13.2. The highest BCUT2D eigenvalue weighted by Crippen LogP contribution is 2.21. The number of esters is 1. The zero-order valence-corrected chi connectivity index (χ0v) is 9.12. The van der Waals surface area contributed by atoms with E-state index in [-0.39, 0.29) is 11.9 Å². The molecule has 1 saturated heterocycles. The number of methoxy groups -OCH3 is 1. The van der Waals surface area contributed by atoms with Gasteiger partial charge in [-0.3, -0.25) is 9.69 Å². The van der Waals surface area contributed by atoms with E-state index in [9.17, 15) is 9.90 Å². The van der Waals surface area contributed by atoms with E-state index in [1.807, 2.05) is 13.8 Å². The second kappa shape index (κ2) is 4.28. The van der Waals surface area contributed by atoms with Crippen molar-refractivity contribution in [1.29, 1.82) is 0 Å². The molecule has 0 aliphatic carbocycles. The molecule has 0 bridgehead atoms. The van der Waals surface area contributed by atoms with Crippen molar-refractivity contribution in [3.8, 4) is 0 Å². The number of ether oxygens (including phenoxy) is 1. The Morgan fingerprint density at radius 2 is 2.36 bits per heavy atom. The molecule has 1 N–H and O–H groups in total. The zero-order chi connectivity index (χ0) is 10.8. The minimum Gasteiger partial charge on any atom is -0.469 e. The smallest absolute Gasteiger partial charge is 0.309 e. The molecule has 4 nitrogen and oxygen atoms in total. The summed E-state index contributed by atoms with van der Waals surface area (Å²) in [6, 6.07) is 0. The van der Waals surface area contributed by atoms with Crippen LogP contribution in [0.15, 0.2) is 0 Å². The average molecular weight is 201 g/mol. The molecular weight excluding hydrogens is 182 g/mol. The summed E-state index contributed by atoms with van der Waals surface area (Å²) in [6.07, 6.45) is 0.779. The number of rotatable bonds is 3. The average Bonchev–Trinajstić information content (AvgIpc) is 2.44. The second-order valence-electron chi connectivity index (χ2n) is 4.41. The Bertz CT molecular complexity index is 215. The lowest BCUT2D eigenvalue weighted by Gasteiger charge is -2.20. The van der Waals surface area contributed by atoms with Crippen molar-refractivity contribution in [2.45, 2.75) is 25.9 Å². The molecule has 0 aromatic heterocycles. The van der Waals surface area contributed by atoms with Crippen molar-refractivity contribution in [3.05, 3.63) is 0 Å². The second-order valence-corrected chi connectivity index (χ2v) is 4.41. The molecule has 1 heterocycles. The molecule has 82 valence electrons. The molecule has 0 amide bonds. The van der Waals surface area contributed by atoms with Crippen LogP contribution >= 0.6 is 0 Å². The predicted octanol–water partition coefficient (Wildman–Crippen LogP) is 0.252. The Hall–Kier alpha value is -0.610.